The van der Waals surface area contributed by atoms with Crippen LogP contribution in [0.25, 0.3) is 34.0 Å². The molecule has 0 saturated carbocycles. The van der Waals surface area contributed by atoms with Crippen molar-refractivity contribution in [2.45, 2.75) is 25.9 Å². The Labute approximate surface area is 179 Å². The number of aromatic nitrogens is 2. The summed E-state index contributed by atoms with van der Waals surface area (Å²) in [4.78, 5) is 8.00. The number of alkyl halides is 3. The highest BCUT2D eigenvalue weighted by Crippen LogP contribution is 2.46. The van der Waals surface area contributed by atoms with Crippen LogP contribution in [0.2, 0.25) is 0 Å². The third-order valence-corrected chi connectivity index (χ3v) is 5.30. The zero-order valence-corrected chi connectivity index (χ0v) is 16.8. The molecule has 1 aliphatic rings. The van der Waals surface area contributed by atoms with E-state index in [1.54, 1.807) is 31.2 Å². The molecular weight excluding hydrogens is 428 g/mol. The average molecular weight is 444 g/mol. The van der Waals surface area contributed by atoms with E-state index in [2.05, 4.69) is 10.3 Å². The summed E-state index contributed by atoms with van der Waals surface area (Å²) in [5.41, 5.74) is 1.61. The third kappa shape index (κ3) is 3.49. The summed E-state index contributed by atoms with van der Waals surface area (Å²) >= 11 is 0. The fraction of sp³-hybridized carbons (Fsp3) is 0.174. The van der Waals surface area contributed by atoms with E-state index >= 15 is 0 Å². The maximum atomic E-state index is 14.1. The van der Waals surface area contributed by atoms with Crippen molar-refractivity contribution in [1.82, 2.24) is 10.3 Å². The van der Waals surface area contributed by atoms with Crippen molar-refractivity contribution in [3.05, 3.63) is 70.5 Å². The average Bonchev–Trinajstić information content (AvgIpc) is 3.41. The van der Waals surface area contributed by atoms with Gasteiger partial charge in [-0.2, -0.15) is 13.2 Å². The first-order valence-electron chi connectivity index (χ1n) is 9.54. The first kappa shape index (κ1) is 21.5. The molecule has 0 radical (unpaired) electrons. The summed E-state index contributed by atoms with van der Waals surface area (Å²) in [7, 11) is 0. The Morgan fingerprint density at radius 3 is 2.28 bits per heavy atom. The topological polar surface area (TPSA) is 69.1 Å². The van der Waals surface area contributed by atoms with Crippen molar-refractivity contribution in [2.24, 2.45) is 0 Å². The lowest BCUT2D eigenvalue weighted by atomic mass is 9.87. The largest absolute Gasteiger partial charge is 0.422 e. The summed E-state index contributed by atoms with van der Waals surface area (Å²) in [6, 6.07) is 11.0. The second-order valence-corrected chi connectivity index (χ2v) is 7.20. The lowest BCUT2D eigenvalue weighted by Crippen LogP contribution is -2.08. The maximum Gasteiger partial charge on any atom is 0.422 e. The number of benzene rings is 2. The van der Waals surface area contributed by atoms with Crippen LogP contribution in [-0.2, 0) is 23.8 Å². The van der Waals surface area contributed by atoms with Gasteiger partial charge in [0.15, 0.2) is 0 Å². The number of hydrogen-bond acceptors (Lipinski definition) is 5. The van der Waals surface area contributed by atoms with Crippen LogP contribution in [0.1, 0.15) is 22.3 Å². The molecule has 9 heteroatoms. The van der Waals surface area contributed by atoms with Crippen LogP contribution in [0.5, 0.6) is 0 Å². The summed E-state index contributed by atoms with van der Waals surface area (Å²) < 4.78 is 66.5. The Kier molecular flexibility index (Phi) is 5.41. The Bertz CT molecular complexity index is 1280. The van der Waals surface area contributed by atoms with Crippen molar-refractivity contribution in [2.75, 3.05) is 0 Å². The summed E-state index contributed by atoms with van der Waals surface area (Å²) in [5, 5.41) is 7.64. The molecule has 0 atom stereocenters. The van der Waals surface area contributed by atoms with Gasteiger partial charge in [-0.1, -0.05) is 46.7 Å². The minimum Gasteiger partial charge on any atom is -0.352 e. The molecule has 164 valence electrons. The van der Waals surface area contributed by atoms with E-state index < -0.39 is 23.3 Å². The van der Waals surface area contributed by atoms with Crippen LogP contribution < -0.4 is 0 Å². The van der Waals surface area contributed by atoms with E-state index in [4.69, 9.17) is 13.8 Å². The molecule has 0 bridgehead atoms. The van der Waals surface area contributed by atoms with Gasteiger partial charge in [-0.25, -0.2) is 4.39 Å². The minimum absolute atomic E-state index is 0.126. The molecule has 5 rings (SSSR count). The standard InChI is InChI=1S/C22H14F4N2O2.CH2O/c1-11-9-13-7-8-14-19(15(13)10-16(11)23)28-29-20(14)21-17(22(24,25)26)18(27-30-21)12-5-3-2-4-6-12;1-2/h2-6,9-10H,7-8H2,1H3;1H2. The number of halogens is 4. The molecule has 0 unspecified atom stereocenters. The predicted octanol–water partition coefficient (Wildman–Crippen LogP) is 6.04. The van der Waals surface area contributed by atoms with Crippen molar-refractivity contribution in [3.8, 4) is 34.0 Å². The van der Waals surface area contributed by atoms with Crippen molar-refractivity contribution >= 4 is 6.79 Å². The number of nitrogens with zero attached hydrogens (tertiary/aromatic N) is 2. The van der Waals surface area contributed by atoms with E-state index in [9.17, 15) is 17.6 Å². The van der Waals surface area contributed by atoms with Gasteiger partial charge >= 0.3 is 6.18 Å². The molecule has 32 heavy (non-hydrogen) atoms. The van der Waals surface area contributed by atoms with E-state index in [1.807, 2.05) is 6.79 Å². The fourth-order valence-corrected chi connectivity index (χ4v) is 3.86. The maximum absolute atomic E-state index is 14.1. The molecule has 2 heterocycles. The van der Waals surface area contributed by atoms with Gasteiger partial charge in [-0.3, -0.25) is 0 Å². The first-order chi connectivity index (χ1) is 15.3. The Morgan fingerprint density at radius 2 is 1.59 bits per heavy atom. The highest BCUT2D eigenvalue weighted by molar-refractivity contribution is 5.79. The SMILES string of the molecule is C=O.Cc1cc2c(cc1F)-c1noc(-c3onc(-c4ccccc4)c3C(F)(F)F)c1CC2. The number of rotatable bonds is 2. The smallest absolute Gasteiger partial charge is 0.352 e. The molecule has 0 saturated heterocycles. The monoisotopic (exact) mass is 444 g/mol. The molecular formula is C23H16F4N2O3. The zero-order chi connectivity index (χ0) is 23.0. The summed E-state index contributed by atoms with van der Waals surface area (Å²) in [6.45, 7) is 3.66. The fourth-order valence-electron chi connectivity index (χ4n) is 3.86. The van der Waals surface area contributed by atoms with Crippen LogP contribution in [0, 0.1) is 12.7 Å². The highest BCUT2D eigenvalue weighted by atomic mass is 19.4. The number of hydrogen-bond donors (Lipinski definition) is 0. The van der Waals surface area contributed by atoms with E-state index in [0.29, 0.717) is 35.2 Å². The normalized spacial score (nSPS) is 12.5. The number of aryl methyl sites for hydroxylation is 2. The lowest BCUT2D eigenvalue weighted by Gasteiger charge is -2.16. The Balaban J connectivity index is 0.00000119. The summed E-state index contributed by atoms with van der Waals surface area (Å²) in [6.07, 6.45) is -3.81. The van der Waals surface area contributed by atoms with Gasteiger partial charge in [0.25, 0.3) is 0 Å². The molecule has 0 amide bonds. The molecule has 0 spiro atoms. The molecule has 1 aliphatic carbocycles. The number of fused-ring (bicyclic) bond motifs is 3. The van der Waals surface area contributed by atoms with E-state index in [1.165, 1.54) is 18.2 Å². The highest BCUT2D eigenvalue weighted by Gasteiger charge is 2.43. The molecule has 2 aromatic heterocycles. The number of carbonyl (C=O) groups is 1. The van der Waals surface area contributed by atoms with Gasteiger partial charge in [0, 0.05) is 16.7 Å². The summed E-state index contributed by atoms with van der Waals surface area (Å²) in [5.74, 6) is -1.06. The van der Waals surface area contributed by atoms with Gasteiger partial charge in [-0.05, 0) is 37.0 Å². The van der Waals surface area contributed by atoms with E-state index in [-0.39, 0.29) is 17.0 Å². The zero-order valence-electron chi connectivity index (χ0n) is 16.8. The molecule has 0 fully saturated rings. The van der Waals surface area contributed by atoms with Crippen LogP contribution in [0.4, 0.5) is 17.6 Å². The Hall–Kier alpha value is -3.75. The van der Waals surface area contributed by atoms with Gasteiger partial charge in [0.1, 0.15) is 29.6 Å². The van der Waals surface area contributed by atoms with Crippen LogP contribution >= 0.6 is 0 Å². The first-order valence-corrected chi connectivity index (χ1v) is 9.54. The molecule has 0 N–H and O–H groups in total. The number of carbonyl (C=O) groups excluding carboxylic acids is 1. The quantitative estimate of drug-likeness (QED) is 0.353. The van der Waals surface area contributed by atoms with Crippen molar-refractivity contribution in [1.29, 1.82) is 0 Å². The molecule has 2 aromatic carbocycles. The second kappa shape index (κ2) is 8.07. The molecule has 5 nitrogen and oxygen atoms in total. The lowest BCUT2D eigenvalue weighted by molar-refractivity contribution is -0.136. The van der Waals surface area contributed by atoms with Crippen LogP contribution in [-0.4, -0.2) is 17.1 Å². The van der Waals surface area contributed by atoms with Gasteiger partial charge < -0.3 is 13.8 Å². The molecule has 0 aliphatic heterocycles. The van der Waals surface area contributed by atoms with Gasteiger partial charge in [-0.15, -0.1) is 0 Å². The van der Waals surface area contributed by atoms with Gasteiger partial charge in [0.2, 0.25) is 11.5 Å². The van der Waals surface area contributed by atoms with Gasteiger partial charge in [0.05, 0.1) is 0 Å². The predicted molar refractivity (Wildman–Crippen MR) is 107 cm³/mol. The van der Waals surface area contributed by atoms with Crippen LogP contribution in [0.3, 0.4) is 0 Å². The second-order valence-electron chi connectivity index (χ2n) is 7.20. The van der Waals surface area contributed by atoms with Crippen molar-refractivity contribution in [3.63, 3.8) is 0 Å². The molecule has 4 aromatic rings. The Morgan fingerprint density at radius 1 is 0.938 bits per heavy atom. The third-order valence-electron chi connectivity index (χ3n) is 5.30. The van der Waals surface area contributed by atoms with Crippen molar-refractivity contribution < 1.29 is 31.4 Å². The minimum atomic E-state index is -4.73. The van der Waals surface area contributed by atoms with E-state index in [0.717, 1.165) is 5.56 Å². The van der Waals surface area contributed by atoms with Crippen LogP contribution in [0.15, 0.2) is 51.5 Å².